The number of aromatic nitrogens is 1. The second-order valence-corrected chi connectivity index (χ2v) is 16.6. The second kappa shape index (κ2) is 13.2. The van der Waals surface area contributed by atoms with Gasteiger partial charge in [-0.1, -0.05) is 32.3 Å². The minimum Gasteiger partial charge on any atom is -0.497 e. The number of carbonyl (C=O) groups excluding carboxylic acids is 2. The average Bonchev–Trinajstić information content (AvgIpc) is 3.63. The van der Waals surface area contributed by atoms with Crippen molar-refractivity contribution >= 4 is 32.7 Å². The fourth-order valence-electron chi connectivity index (χ4n) is 8.73. The fourth-order valence-corrected chi connectivity index (χ4v) is 9.77. The topological polar surface area (TPSA) is 110 Å². The van der Waals surface area contributed by atoms with Crippen molar-refractivity contribution in [3.8, 4) is 17.0 Å². The number of piperidine rings is 1. The van der Waals surface area contributed by atoms with Crippen molar-refractivity contribution in [1.29, 1.82) is 0 Å². The first-order valence-corrected chi connectivity index (χ1v) is 19.7. The maximum absolute atomic E-state index is 14.4. The number of benzene rings is 2. The second-order valence-electron chi connectivity index (χ2n) is 14.8. The molecule has 48 heavy (non-hydrogen) atoms. The summed E-state index contributed by atoms with van der Waals surface area (Å²) in [5.41, 5.74) is 4.32. The first-order chi connectivity index (χ1) is 23.2. The van der Waals surface area contributed by atoms with Gasteiger partial charge in [-0.25, -0.2) is 13.1 Å². The van der Waals surface area contributed by atoms with E-state index in [4.69, 9.17) is 4.74 Å². The zero-order chi connectivity index (χ0) is 33.5. The van der Waals surface area contributed by atoms with E-state index < -0.39 is 21.3 Å². The minimum absolute atomic E-state index is 0.108. The molecule has 2 amide bonds. The van der Waals surface area contributed by atoms with Crippen molar-refractivity contribution in [3.63, 3.8) is 0 Å². The number of carbonyl (C=O) groups is 2. The molecule has 2 N–H and O–H groups in total. The Balaban J connectivity index is 1.32. The van der Waals surface area contributed by atoms with Crippen LogP contribution in [0.5, 0.6) is 5.75 Å². The Bertz CT molecular complexity index is 1770. The average molecular weight is 675 g/mol. The molecule has 7 rings (SSSR count). The van der Waals surface area contributed by atoms with Crippen LogP contribution in [-0.4, -0.2) is 67.7 Å². The van der Waals surface area contributed by atoms with Gasteiger partial charge in [-0.15, -0.1) is 0 Å². The molecule has 0 bridgehead atoms. The van der Waals surface area contributed by atoms with Gasteiger partial charge in [0.25, 0.3) is 5.91 Å². The van der Waals surface area contributed by atoms with Crippen molar-refractivity contribution < 1.29 is 22.7 Å². The molecule has 3 aromatic rings. The molecule has 2 aliphatic heterocycles. The van der Waals surface area contributed by atoms with Gasteiger partial charge in [-0.05, 0) is 118 Å². The van der Waals surface area contributed by atoms with Gasteiger partial charge in [0.2, 0.25) is 15.9 Å². The quantitative estimate of drug-likeness (QED) is 0.259. The van der Waals surface area contributed by atoms with E-state index in [2.05, 4.69) is 31.6 Å². The lowest BCUT2D eigenvalue weighted by molar-refractivity contribution is -0.139. The van der Waals surface area contributed by atoms with Crippen LogP contribution in [0.25, 0.3) is 22.2 Å². The molecule has 10 heteroatoms. The lowest BCUT2D eigenvalue weighted by atomic mass is 9.81. The maximum atomic E-state index is 14.4. The Morgan fingerprint density at radius 1 is 0.958 bits per heavy atom. The molecule has 1 spiro atoms. The summed E-state index contributed by atoms with van der Waals surface area (Å²) in [6.45, 7) is 4.94. The van der Waals surface area contributed by atoms with Gasteiger partial charge in [0.15, 0.2) is 0 Å². The Morgan fingerprint density at radius 3 is 2.31 bits per heavy atom. The number of hydrogen-bond acceptors (Lipinski definition) is 6. The SMILES string of the molecule is CCCS(=O)(=O)NC(=O)c1ccc2c(C3CCCCC3)c(-c3ccc(OC)cc3)n(CC3(C(=O)N4CCC5(CCCN5)CC4)CC3)c2c1. The number of sulfonamides is 1. The summed E-state index contributed by atoms with van der Waals surface area (Å²) >= 11 is 0. The lowest BCUT2D eigenvalue weighted by Crippen LogP contribution is -2.53. The molecular formula is C38H50N4O5S. The van der Waals surface area contributed by atoms with Crippen LogP contribution >= 0.6 is 0 Å². The highest BCUT2D eigenvalue weighted by Gasteiger charge is 2.53. The van der Waals surface area contributed by atoms with E-state index in [0.717, 1.165) is 86.1 Å². The number of fused-ring (bicyclic) bond motifs is 1. The zero-order valence-electron chi connectivity index (χ0n) is 28.5. The monoisotopic (exact) mass is 674 g/mol. The molecule has 2 saturated heterocycles. The molecule has 1 aromatic heterocycles. The van der Waals surface area contributed by atoms with Crippen molar-refractivity contribution in [2.24, 2.45) is 5.41 Å². The smallest absolute Gasteiger partial charge is 0.264 e. The summed E-state index contributed by atoms with van der Waals surface area (Å²) in [5, 5.41) is 4.81. The Morgan fingerprint density at radius 2 is 1.69 bits per heavy atom. The third-order valence-electron chi connectivity index (χ3n) is 11.6. The van der Waals surface area contributed by atoms with Crippen molar-refractivity contribution in [3.05, 3.63) is 53.6 Å². The highest BCUT2D eigenvalue weighted by molar-refractivity contribution is 7.90. The maximum Gasteiger partial charge on any atom is 0.264 e. The van der Waals surface area contributed by atoms with Crippen LogP contribution < -0.4 is 14.8 Å². The number of methoxy groups -OCH3 is 1. The first kappa shape index (κ1) is 33.1. The summed E-state index contributed by atoms with van der Waals surface area (Å²) in [6.07, 6.45) is 12.3. The largest absolute Gasteiger partial charge is 0.497 e. The van der Waals surface area contributed by atoms with Crippen LogP contribution in [0.4, 0.5) is 0 Å². The van der Waals surface area contributed by atoms with Gasteiger partial charge in [-0.2, -0.15) is 0 Å². The zero-order valence-corrected chi connectivity index (χ0v) is 29.3. The third kappa shape index (κ3) is 6.38. The molecule has 0 radical (unpaired) electrons. The van der Waals surface area contributed by atoms with Gasteiger partial charge in [0.1, 0.15) is 5.75 Å². The number of likely N-dealkylation sites (tertiary alicyclic amines) is 1. The van der Waals surface area contributed by atoms with Crippen LogP contribution in [0, 0.1) is 5.41 Å². The molecule has 3 heterocycles. The molecular weight excluding hydrogens is 625 g/mol. The van der Waals surface area contributed by atoms with E-state index in [1.165, 1.54) is 37.7 Å². The molecule has 2 saturated carbocycles. The van der Waals surface area contributed by atoms with Gasteiger partial charge >= 0.3 is 0 Å². The number of ether oxygens (including phenoxy) is 1. The summed E-state index contributed by atoms with van der Waals surface area (Å²) in [4.78, 5) is 29.9. The fraction of sp³-hybridized carbons (Fsp3) is 0.579. The molecule has 258 valence electrons. The number of nitrogens with one attached hydrogen (secondary N) is 2. The Kier molecular flexibility index (Phi) is 9.08. The molecule has 4 fully saturated rings. The molecule has 0 atom stereocenters. The Hall–Kier alpha value is -3.37. The predicted molar refractivity (Wildman–Crippen MR) is 189 cm³/mol. The molecule has 2 aromatic carbocycles. The molecule has 2 aliphatic carbocycles. The lowest BCUT2D eigenvalue weighted by Gasteiger charge is -2.41. The predicted octanol–water partition coefficient (Wildman–Crippen LogP) is 6.36. The van der Waals surface area contributed by atoms with Gasteiger partial charge < -0.3 is 19.5 Å². The summed E-state index contributed by atoms with van der Waals surface area (Å²) in [5.74, 6) is 0.650. The highest BCUT2D eigenvalue weighted by Crippen LogP contribution is 2.52. The number of amides is 2. The minimum atomic E-state index is -3.74. The summed E-state index contributed by atoms with van der Waals surface area (Å²) in [6, 6.07) is 13.8. The van der Waals surface area contributed by atoms with Crippen LogP contribution in [0.1, 0.15) is 106 Å². The third-order valence-corrected chi connectivity index (χ3v) is 13.0. The van der Waals surface area contributed by atoms with E-state index in [1.807, 2.05) is 24.3 Å². The van der Waals surface area contributed by atoms with Gasteiger partial charge in [-0.3, -0.25) is 9.59 Å². The van der Waals surface area contributed by atoms with Gasteiger partial charge in [0.05, 0.1) is 24.0 Å². The number of nitrogens with zero attached hydrogens (tertiary/aromatic N) is 2. The van der Waals surface area contributed by atoms with E-state index in [9.17, 15) is 18.0 Å². The van der Waals surface area contributed by atoms with E-state index in [1.54, 1.807) is 20.1 Å². The normalized spacial score (nSPS) is 20.7. The van der Waals surface area contributed by atoms with Crippen LogP contribution in [0.3, 0.4) is 0 Å². The number of rotatable bonds is 10. The van der Waals surface area contributed by atoms with Gasteiger partial charge in [0, 0.05) is 41.6 Å². The summed E-state index contributed by atoms with van der Waals surface area (Å²) in [7, 11) is -2.07. The van der Waals surface area contributed by atoms with E-state index in [-0.39, 0.29) is 17.2 Å². The van der Waals surface area contributed by atoms with E-state index >= 15 is 0 Å². The van der Waals surface area contributed by atoms with Crippen molar-refractivity contribution in [2.45, 2.75) is 102 Å². The standard InChI is InChI=1S/C38H50N4O5S/c1-3-24-48(45,46)40-35(43)29-12-15-31-32(25-29)42(26-37(17-18-37)36(44)41-22-19-38(20-23-41)16-7-21-39-38)34(28-10-13-30(47-2)14-11-28)33(31)27-8-5-4-6-9-27/h10-15,25,27,39H,3-9,16-24,26H2,1-2H3,(H,40,43). The van der Waals surface area contributed by atoms with Crippen LogP contribution in [0.15, 0.2) is 42.5 Å². The Labute approximate surface area is 284 Å². The van der Waals surface area contributed by atoms with Crippen molar-refractivity contribution in [2.75, 3.05) is 32.5 Å². The van der Waals surface area contributed by atoms with Crippen LogP contribution in [0.2, 0.25) is 0 Å². The highest BCUT2D eigenvalue weighted by atomic mass is 32.2. The molecule has 4 aliphatic rings. The summed E-state index contributed by atoms with van der Waals surface area (Å²) < 4.78 is 35.2. The van der Waals surface area contributed by atoms with E-state index in [0.29, 0.717) is 24.4 Å². The molecule has 9 nitrogen and oxygen atoms in total. The first-order valence-electron chi connectivity index (χ1n) is 18.1. The number of hydrogen-bond donors (Lipinski definition) is 2. The molecule has 0 unspecified atom stereocenters. The van der Waals surface area contributed by atoms with Crippen molar-refractivity contribution in [1.82, 2.24) is 19.5 Å². The van der Waals surface area contributed by atoms with Crippen LogP contribution in [-0.2, 0) is 21.4 Å².